The molecule has 0 saturated carbocycles. The highest BCUT2D eigenvalue weighted by Gasteiger charge is 2.17. The van der Waals surface area contributed by atoms with Crippen molar-refractivity contribution in [2.45, 2.75) is 26.0 Å². The summed E-state index contributed by atoms with van der Waals surface area (Å²) >= 11 is 5.07. The maximum atomic E-state index is 5.25. The molecule has 0 unspecified atom stereocenters. The molecule has 13 heavy (non-hydrogen) atoms. The van der Waals surface area contributed by atoms with Crippen LogP contribution >= 0.6 is 27.7 Å². The summed E-state index contributed by atoms with van der Waals surface area (Å²) < 4.78 is 5.25. The number of hydrogen-bond donors (Lipinski definition) is 0. The molecule has 3 nitrogen and oxygen atoms in total. The van der Waals surface area contributed by atoms with Crippen LogP contribution in [-0.4, -0.2) is 21.3 Å². The summed E-state index contributed by atoms with van der Waals surface area (Å²) in [6, 6.07) is 0. The van der Waals surface area contributed by atoms with E-state index in [-0.39, 0.29) is 5.41 Å². The molecule has 1 rings (SSSR count). The number of aryl methyl sites for hydroxylation is 1. The second-order valence-corrected chi connectivity index (χ2v) is 5.16. The largest absolute Gasteiger partial charge is 0.416 e. The van der Waals surface area contributed by atoms with Crippen LogP contribution in [0.3, 0.4) is 0 Å². The van der Waals surface area contributed by atoms with Gasteiger partial charge in [0.05, 0.1) is 0 Å². The molecule has 0 fully saturated rings. The molecule has 0 radical (unpaired) electrons. The van der Waals surface area contributed by atoms with E-state index >= 15 is 0 Å². The van der Waals surface area contributed by atoms with Crippen LogP contribution in [0.1, 0.15) is 19.7 Å². The molecule has 1 aromatic rings. The smallest absolute Gasteiger partial charge is 0.276 e. The third kappa shape index (κ3) is 3.68. The molecular weight excluding hydrogens is 252 g/mol. The van der Waals surface area contributed by atoms with Crippen LogP contribution in [0.2, 0.25) is 0 Å². The van der Waals surface area contributed by atoms with E-state index in [0.717, 1.165) is 11.1 Å². The van der Waals surface area contributed by atoms with Crippen molar-refractivity contribution in [3.8, 4) is 0 Å². The van der Waals surface area contributed by atoms with Gasteiger partial charge >= 0.3 is 0 Å². The average Bonchev–Trinajstić information content (AvgIpc) is 2.48. The Morgan fingerprint density at radius 2 is 2.15 bits per heavy atom. The molecule has 0 bridgehead atoms. The van der Waals surface area contributed by atoms with Crippen LogP contribution in [0.25, 0.3) is 0 Å². The molecular formula is C8H13BrN2OS. The second kappa shape index (κ2) is 4.46. The Labute approximate surface area is 90.8 Å². The van der Waals surface area contributed by atoms with Gasteiger partial charge in [0.25, 0.3) is 5.22 Å². The van der Waals surface area contributed by atoms with Crippen molar-refractivity contribution in [2.75, 3.05) is 11.1 Å². The number of alkyl halides is 1. The molecule has 0 aliphatic carbocycles. The summed E-state index contributed by atoms with van der Waals surface area (Å²) in [6.45, 7) is 6.18. The predicted octanol–water partition coefficient (Wildman–Crippen LogP) is 2.89. The van der Waals surface area contributed by atoms with Gasteiger partial charge in [0.15, 0.2) is 0 Å². The Hall–Kier alpha value is -0.0300. The third-order valence-electron chi connectivity index (χ3n) is 1.46. The Morgan fingerprint density at radius 3 is 2.62 bits per heavy atom. The number of nitrogens with zero attached hydrogens (tertiary/aromatic N) is 2. The van der Waals surface area contributed by atoms with Gasteiger partial charge < -0.3 is 4.42 Å². The molecule has 0 aromatic carbocycles. The first kappa shape index (κ1) is 11.0. The fourth-order valence-corrected chi connectivity index (χ4v) is 1.99. The van der Waals surface area contributed by atoms with Crippen LogP contribution < -0.4 is 0 Å². The monoisotopic (exact) mass is 264 g/mol. The van der Waals surface area contributed by atoms with Gasteiger partial charge in [-0.25, -0.2) is 0 Å². The van der Waals surface area contributed by atoms with Gasteiger partial charge in [-0.15, -0.1) is 10.2 Å². The summed E-state index contributed by atoms with van der Waals surface area (Å²) in [5.41, 5.74) is 0.257. The van der Waals surface area contributed by atoms with Crippen LogP contribution in [0.5, 0.6) is 0 Å². The van der Waals surface area contributed by atoms with Crippen molar-refractivity contribution in [3.63, 3.8) is 0 Å². The maximum absolute atomic E-state index is 5.25. The van der Waals surface area contributed by atoms with E-state index < -0.39 is 0 Å². The van der Waals surface area contributed by atoms with Gasteiger partial charge in [0.1, 0.15) is 0 Å². The number of thioether (sulfide) groups is 1. The SMILES string of the molecule is Cc1nnc(SCC(C)(C)CBr)o1. The summed E-state index contributed by atoms with van der Waals surface area (Å²) in [5.74, 6) is 1.60. The Morgan fingerprint density at radius 1 is 1.46 bits per heavy atom. The van der Waals surface area contributed by atoms with Gasteiger partial charge in [0.2, 0.25) is 5.89 Å². The fraction of sp³-hybridized carbons (Fsp3) is 0.750. The lowest BCUT2D eigenvalue weighted by Crippen LogP contribution is -2.15. The molecule has 0 spiro atoms. The van der Waals surface area contributed by atoms with Crippen LogP contribution in [0.4, 0.5) is 0 Å². The van der Waals surface area contributed by atoms with E-state index in [0.29, 0.717) is 11.1 Å². The van der Waals surface area contributed by atoms with E-state index in [1.807, 2.05) is 0 Å². The predicted molar refractivity (Wildman–Crippen MR) is 57.3 cm³/mol. The van der Waals surface area contributed by atoms with Gasteiger partial charge in [-0.2, -0.15) is 0 Å². The summed E-state index contributed by atoms with van der Waals surface area (Å²) in [7, 11) is 0. The highest BCUT2D eigenvalue weighted by Crippen LogP contribution is 2.27. The van der Waals surface area contributed by atoms with Crippen molar-refractivity contribution in [1.82, 2.24) is 10.2 Å². The molecule has 0 amide bonds. The lowest BCUT2D eigenvalue weighted by Gasteiger charge is -2.19. The van der Waals surface area contributed by atoms with Gasteiger partial charge in [0, 0.05) is 18.0 Å². The van der Waals surface area contributed by atoms with Crippen molar-refractivity contribution in [1.29, 1.82) is 0 Å². The van der Waals surface area contributed by atoms with Crippen molar-refractivity contribution < 1.29 is 4.42 Å². The molecule has 0 saturated heterocycles. The quantitative estimate of drug-likeness (QED) is 0.619. The lowest BCUT2D eigenvalue weighted by molar-refractivity contribution is 0.425. The molecule has 1 heterocycles. The van der Waals surface area contributed by atoms with E-state index in [1.54, 1.807) is 18.7 Å². The molecule has 0 N–H and O–H groups in total. The lowest BCUT2D eigenvalue weighted by atomic mass is 10.0. The Kier molecular flexibility index (Phi) is 3.79. The number of rotatable bonds is 4. The minimum atomic E-state index is 0.257. The molecule has 0 aliphatic rings. The van der Waals surface area contributed by atoms with Crippen LogP contribution in [0, 0.1) is 12.3 Å². The van der Waals surface area contributed by atoms with Crippen molar-refractivity contribution in [2.24, 2.45) is 5.41 Å². The first-order valence-electron chi connectivity index (χ1n) is 4.02. The molecule has 0 aliphatic heterocycles. The first-order valence-corrected chi connectivity index (χ1v) is 6.13. The van der Waals surface area contributed by atoms with E-state index in [2.05, 4.69) is 40.0 Å². The van der Waals surface area contributed by atoms with Crippen molar-refractivity contribution in [3.05, 3.63) is 5.89 Å². The minimum absolute atomic E-state index is 0.257. The van der Waals surface area contributed by atoms with Gasteiger partial charge in [-0.3, -0.25) is 0 Å². The fourth-order valence-electron chi connectivity index (χ4n) is 0.632. The standard InChI is InChI=1S/C8H13BrN2OS/c1-6-10-11-7(12-6)13-5-8(2,3)4-9/h4-5H2,1-3H3. The van der Waals surface area contributed by atoms with E-state index in [4.69, 9.17) is 4.42 Å². The first-order chi connectivity index (χ1) is 6.03. The van der Waals surface area contributed by atoms with Crippen molar-refractivity contribution >= 4 is 27.7 Å². The third-order valence-corrected chi connectivity index (χ3v) is 4.31. The van der Waals surface area contributed by atoms with Gasteiger partial charge in [-0.1, -0.05) is 41.5 Å². The minimum Gasteiger partial charge on any atom is -0.416 e. The number of halogens is 1. The van der Waals surface area contributed by atoms with Crippen LogP contribution in [-0.2, 0) is 0 Å². The number of hydrogen-bond acceptors (Lipinski definition) is 4. The zero-order valence-corrected chi connectivity index (χ0v) is 10.4. The normalized spacial score (nSPS) is 12.0. The zero-order valence-electron chi connectivity index (χ0n) is 8.00. The van der Waals surface area contributed by atoms with Crippen LogP contribution in [0.15, 0.2) is 9.64 Å². The van der Waals surface area contributed by atoms with E-state index in [1.165, 1.54) is 0 Å². The number of aromatic nitrogens is 2. The van der Waals surface area contributed by atoms with Gasteiger partial charge in [-0.05, 0) is 5.41 Å². The Balaban J connectivity index is 2.43. The summed E-state index contributed by atoms with van der Waals surface area (Å²) in [4.78, 5) is 0. The molecule has 1 aromatic heterocycles. The summed E-state index contributed by atoms with van der Waals surface area (Å²) in [6.07, 6.45) is 0. The molecule has 74 valence electrons. The second-order valence-electron chi connectivity index (χ2n) is 3.67. The highest BCUT2D eigenvalue weighted by molar-refractivity contribution is 9.09. The van der Waals surface area contributed by atoms with E-state index in [9.17, 15) is 0 Å². The molecule has 5 heteroatoms. The molecule has 0 atom stereocenters. The zero-order chi connectivity index (χ0) is 9.90. The maximum Gasteiger partial charge on any atom is 0.276 e. The average molecular weight is 265 g/mol. The topological polar surface area (TPSA) is 38.9 Å². The Bertz CT molecular complexity index is 275. The highest BCUT2D eigenvalue weighted by atomic mass is 79.9. The summed E-state index contributed by atoms with van der Waals surface area (Å²) in [5, 5.41) is 9.31.